The first-order chi connectivity index (χ1) is 9.17. The van der Waals surface area contributed by atoms with E-state index < -0.39 is 0 Å². The number of rotatable bonds is 6. The van der Waals surface area contributed by atoms with Crippen molar-refractivity contribution in [2.24, 2.45) is 5.73 Å². The standard InChI is InChI=1S/C13H16ClN3OS/c1-2-10(15)7-13-16-12(17-18-13)8-19-11-5-3-4-9(14)6-11/h3-6,10H,2,7-8,15H2,1H3. The van der Waals surface area contributed by atoms with Gasteiger partial charge in [0.15, 0.2) is 5.82 Å². The quantitative estimate of drug-likeness (QED) is 0.829. The van der Waals surface area contributed by atoms with Crippen LogP contribution in [0.25, 0.3) is 0 Å². The number of thioether (sulfide) groups is 1. The molecule has 0 aliphatic rings. The van der Waals surface area contributed by atoms with Crippen LogP contribution in [-0.2, 0) is 12.2 Å². The predicted molar refractivity (Wildman–Crippen MR) is 77.3 cm³/mol. The van der Waals surface area contributed by atoms with Crippen molar-refractivity contribution in [3.63, 3.8) is 0 Å². The number of nitrogens with two attached hydrogens (primary N) is 1. The van der Waals surface area contributed by atoms with E-state index in [0.717, 1.165) is 16.3 Å². The summed E-state index contributed by atoms with van der Waals surface area (Å²) in [7, 11) is 0. The van der Waals surface area contributed by atoms with Crippen LogP contribution in [0.5, 0.6) is 0 Å². The highest BCUT2D eigenvalue weighted by molar-refractivity contribution is 7.98. The predicted octanol–water partition coefficient (Wildman–Crippen LogP) is 3.30. The van der Waals surface area contributed by atoms with Gasteiger partial charge < -0.3 is 10.3 Å². The summed E-state index contributed by atoms with van der Waals surface area (Å²) in [4.78, 5) is 5.41. The van der Waals surface area contributed by atoms with Crippen LogP contribution in [0, 0.1) is 0 Å². The summed E-state index contributed by atoms with van der Waals surface area (Å²) >= 11 is 7.55. The number of nitrogens with zero attached hydrogens (tertiary/aromatic N) is 2. The monoisotopic (exact) mass is 297 g/mol. The number of hydrogen-bond donors (Lipinski definition) is 1. The molecule has 2 aromatic rings. The summed E-state index contributed by atoms with van der Waals surface area (Å²) < 4.78 is 5.17. The third kappa shape index (κ3) is 4.53. The summed E-state index contributed by atoms with van der Waals surface area (Å²) in [6.07, 6.45) is 1.53. The topological polar surface area (TPSA) is 64.9 Å². The molecule has 102 valence electrons. The largest absolute Gasteiger partial charge is 0.339 e. The van der Waals surface area contributed by atoms with E-state index in [0.29, 0.717) is 23.9 Å². The molecule has 1 aromatic carbocycles. The third-order valence-electron chi connectivity index (χ3n) is 2.64. The van der Waals surface area contributed by atoms with Crippen LogP contribution in [0.3, 0.4) is 0 Å². The number of aromatic nitrogens is 2. The fourth-order valence-corrected chi connectivity index (χ4v) is 2.56. The Morgan fingerprint density at radius 3 is 3.05 bits per heavy atom. The Kier molecular flexibility index (Phi) is 5.24. The minimum atomic E-state index is 0.0777. The molecule has 4 nitrogen and oxygen atoms in total. The lowest BCUT2D eigenvalue weighted by Crippen LogP contribution is -2.21. The van der Waals surface area contributed by atoms with E-state index in [1.54, 1.807) is 11.8 Å². The molecule has 2 rings (SSSR count). The van der Waals surface area contributed by atoms with Gasteiger partial charge in [0.2, 0.25) is 5.89 Å². The highest BCUT2D eigenvalue weighted by atomic mass is 35.5. The van der Waals surface area contributed by atoms with E-state index >= 15 is 0 Å². The zero-order valence-corrected chi connectivity index (χ0v) is 12.2. The van der Waals surface area contributed by atoms with Gasteiger partial charge in [0.05, 0.1) is 5.75 Å². The van der Waals surface area contributed by atoms with Gasteiger partial charge in [-0.2, -0.15) is 4.98 Å². The first kappa shape index (κ1) is 14.4. The second kappa shape index (κ2) is 6.93. The Balaban J connectivity index is 1.90. The Bertz CT molecular complexity index is 532. The van der Waals surface area contributed by atoms with E-state index in [2.05, 4.69) is 10.1 Å². The van der Waals surface area contributed by atoms with Gasteiger partial charge in [0.25, 0.3) is 0 Å². The lowest BCUT2D eigenvalue weighted by atomic mass is 10.2. The summed E-state index contributed by atoms with van der Waals surface area (Å²) in [6.45, 7) is 2.04. The minimum absolute atomic E-state index is 0.0777. The molecule has 1 heterocycles. The van der Waals surface area contributed by atoms with Crippen molar-refractivity contribution in [1.29, 1.82) is 0 Å². The van der Waals surface area contributed by atoms with Crippen molar-refractivity contribution in [3.8, 4) is 0 Å². The molecule has 2 N–H and O–H groups in total. The molecule has 1 unspecified atom stereocenters. The molecule has 0 aliphatic carbocycles. The molecular formula is C13H16ClN3OS. The van der Waals surface area contributed by atoms with Crippen LogP contribution >= 0.6 is 23.4 Å². The van der Waals surface area contributed by atoms with Gasteiger partial charge >= 0.3 is 0 Å². The van der Waals surface area contributed by atoms with Crippen molar-refractivity contribution >= 4 is 23.4 Å². The lowest BCUT2D eigenvalue weighted by molar-refractivity contribution is 0.364. The van der Waals surface area contributed by atoms with E-state index in [9.17, 15) is 0 Å². The third-order valence-corrected chi connectivity index (χ3v) is 3.86. The van der Waals surface area contributed by atoms with E-state index in [-0.39, 0.29) is 6.04 Å². The summed E-state index contributed by atoms with van der Waals surface area (Å²) in [5.41, 5.74) is 5.85. The first-order valence-electron chi connectivity index (χ1n) is 6.12. The van der Waals surface area contributed by atoms with Crippen molar-refractivity contribution < 1.29 is 4.52 Å². The van der Waals surface area contributed by atoms with Crippen LogP contribution < -0.4 is 5.73 Å². The molecule has 19 heavy (non-hydrogen) atoms. The van der Waals surface area contributed by atoms with Crippen LogP contribution in [0.4, 0.5) is 0 Å². The number of hydrogen-bond acceptors (Lipinski definition) is 5. The Hall–Kier alpha value is -1.04. The molecule has 0 fully saturated rings. The van der Waals surface area contributed by atoms with Crippen LogP contribution in [0.2, 0.25) is 5.02 Å². The normalized spacial score (nSPS) is 12.6. The van der Waals surface area contributed by atoms with Crippen LogP contribution in [0.1, 0.15) is 25.1 Å². The van der Waals surface area contributed by atoms with E-state index in [1.165, 1.54) is 0 Å². The fourth-order valence-electron chi connectivity index (χ4n) is 1.50. The van der Waals surface area contributed by atoms with E-state index in [1.807, 2.05) is 31.2 Å². The van der Waals surface area contributed by atoms with Crippen molar-refractivity contribution in [2.75, 3.05) is 0 Å². The van der Waals surface area contributed by atoms with Gasteiger partial charge in [-0.3, -0.25) is 0 Å². The molecule has 0 bridgehead atoms. The molecule has 1 atom stereocenters. The molecule has 0 radical (unpaired) electrons. The summed E-state index contributed by atoms with van der Waals surface area (Å²) in [5.74, 6) is 1.95. The lowest BCUT2D eigenvalue weighted by Gasteiger charge is -2.02. The SMILES string of the molecule is CCC(N)Cc1nc(CSc2cccc(Cl)c2)no1. The molecule has 0 amide bonds. The summed E-state index contributed by atoms with van der Waals surface area (Å²) in [6, 6.07) is 7.77. The van der Waals surface area contributed by atoms with Gasteiger partial charge in [0.1, 0.15) is 0 Å². The van der Waals surface area contributed by atoms with Crippen LogP contribution in [-0.4, -0.2) is 16.2 Å². The maximum Gasteiger partial charge on any atom is 0.228 e. The molecular weight excluding hydrogens is 282 g/mol. The zero-order valence-electron chi connectivity index (χ0n) is 10.7. The zero-order chi connectivity index (χ0) is 13.7. The molecule has 1 aromatic heterocycles. The van der Waals surface area contributed by atoms with Crippen molar-refractivity contribution in [2.45, 2.75) is 36.5 Å². The Morgan fingerprint density at radius 1 is 1.47 bits per heavy atom. The fraction of sp³-hybridized carbons (Fsp3) is 0.385. The van der Waals surface area contributed by atoms with Gasteiger partial charge in [-0.05, 0) is 24.6 Å². The maximum absolute atomic E-state index is 5.93. The molecule has 0 saturated heterocycles. The molecule has 0 spiro atoms. The number of halogens is 1. The second-order valence-corrected chi connectivity index (χ2v) is 5.71. The van der Waals surface area contributed by atoms with E-state index in [4.69, 9.17) is 21.9 Å². The molecule has 0 aliphatic heterocycles. The van der Waals surface area contributed by atoms with Crippen LogP contribution in [0.15, 0.2) is 33.7 Å². The van der Waals surface area contributed by atoms with Gasteiger partial charge in [-0.1, -0.05) is 29.7 Å². The van der Waals surface area contributed by atoms with Crippen molar-refractivity contribution in [1.82, 2.24) is 10.1 Å². The molecule has 0 saturated carbocycles. The highest BCUT2D eigenvalue weighted by Gasteiger charge is 2.10. The average molecular weight is 298 g/mol. The molecule has 6 heteroatoms. The minimum Gasteiger partial charge on any atom is -0.339 e. The van der Waals surface area contributed by atoms with Gasteiger partial charge in [0, 0.05) is 22.4 Å². The van der Waals surface area contributed by atoms with Gasteiger partial charge in [-0.25, -0.2) is 0 Å². The smallest absolute Gasteiger partial charge is 0.228 e. The summed E-state index contributed by atoms with van der Waals surface area (Å²) in [5, 5.41) is 4.67. The maximum atomic E-state index is 5.93. The Morgan fingerprint density at radius 2 is 2.32 bits per heavy atom. The average Bonchev–Trinajstić information content (AvgIpc) is 2.84. The van der Waals surface area contributed by atoms with Crippen molar-refractivity contribution in [3.05, 3.63) is 41.0 Å². The number of benzene rings is 1. The highest BCUT2D eigenvalue weighted by Crippen LogP contribution is 2.24. The Labute approximate surface area is 121 Å². The first-order valence-corrected chi connectivity index (χ1v) is 7.49. The second-order valence-electron chi connectivity index (χ2n) is 4.22. The van der Waals surface area contributed by atoms with Gasteiger partial charge in [-0.15, -0.1) is 11.8 Å².